The van der Waals surface area contributed by atoms with Crippen molar-refractivity contribution in [3.05, 3.63) is 28.5 Å². The van der Waals surface area contributed by atoms with Gasteiger partial charge in [0.25, 0.3) is 10.0 Å². The standard InChI is InChI=1S/C17H24N4O7S3/c1-11-16(13(3)28-19-11)30(23,24)20-12(2)17(22)18-10-14-4-5-15(29-14)31(25,26)21-6-8-27-9-7-21/h4-5,12,20H,6-10H2,1-3H3,(H,18,22)/t12-/m0/s1. The molecule has 11 nitrogen and oxygen atoms in total. The first-order valence-corrected chi connectivity index (χ1v) is 13.2. The molecule has 1 aliphatic heterocycles. The Labute approximate surface area is 184 Å². The summed E-state index contributed by atoms with van der Waals surface area (Å²) in [5.74, 6) is -0.425. The summed E-state index contributed by atoms with van der Waals surface area (Å²) in [7, 11) is -7.59. The van der Waals surface area contributed by atoms with Crippen LogP contribution < -0.4 is 10.0 Å². The maximum atomic E-state index is 12.7. The molecule has 0 radical (unpaired) electrons. The van der Waals surface area contributed by atoms with Crippen molar-refractivity contribution in [2.24, 2.45) is 0 Å². The van der Waals surface area contributed by atoms with Crippen LogP contribution in [-0.4, -0.2) is 64.5 Å². The molecule has 0 aromatic carbocycles. The first-order valence-electron chi connectivity index (χ1n) is 9.42. The predicted molar refractivity (Wildman–Crippen MR) is 112 cm³/mol. The van der Waals surface area contributed by atoms with Gasteiger partial charge < -0.3 is 14.6 Å². The number of morpholine rings is 1. The van der Waals surface area contributed by atoms with E-state index in [0.717, 1.165) is 11.3 Å². The Morgan fingerprint density at radius 1 is 1.23 bits per heavy atom. The highest BCUT2D eigenvalue weighted by molar-refractivity contribution is 7.91. The van der Waals surface area contributed by atoms with Crippen molar-refractivity contribution in [3.8, 4) is 0 Å². The maximum Gasteiger partial charge on any atom is 0.252 e. The summed E-state index contributed by atoms with van der Waals surface area (Å²) in [4.78, 5) is 12.9. The maximum absolute atomic E-state index is 12.7. The molecule has 1 aliphatic rings. The summed E-state index contributed by atoms with van der Waals surface area (Å²) in [6.07, 6.45) is 0. The number of nitrogens with one attached hydrogen (secondary N) is 2. The van der Waals surface area contributed by atoms with E-state index in [1.165, 1.54) is 31.1 Å². The van der Waals surface area contributed by atoms with E-state index >= 15 is 0 Å². The van der Waals surface area contributed by atoms with Crippen molar-refractivity contribution in [1.29, 1.82) is 0 Å². The minimum Gasteiger partial charge on any atom is -0.379 e. The average Bonchev–Trinajstić information content (AvgIpc) is 3.33. The molecule has 3 heterocycles. The summed E-state index contributed by atoms with van der Waals surface area (Å²) in [6, 6.07) is 2.06. The van der Waals surface area contributed by atoms with Crippen molar-refractivity contribution in [1.82, 2.24) is 19.5 Å². The smallest absolute Gasteiger partial charge is 0.252 e. The van der Waals surface area contributed by atoms with E-state index in [2.05, 4.69) is 15.2 Å². The number of ether oxygens (including phenoxy) is 1. The zero-order valence-corrected chi connectivity index (χ0v) is 19.7. The molecule has 172 valence electrons. The van der Waals surface area contributed by atoms with Gasteiger partial charge in [-0.2, -0.15) is 9.03 Å². The summed E-state index contributed by atoms with van der Waals surface area (Å²) < 4.78 is 64.3. The summed E-state index contributed by atoms with van der Waals surface area (Å²) >= 11 is 1.06. The SMILES string of the molecule is Cc1noc(C)c1S(=O)(=O)N[C@@H](C)C(=O)NCc1ccc(S(=O)(=O)N2CCOCC2)s1. The van der Waals surface area contributed by atoms with E-state index in [0.29, 0.717) is 31.2 Å². The molecular formula is C17H24N4O7S3. The highest BCUT2D eigenvalue weighted by Crippen LogP contribution is 2.25. The van der Waals surface area contributed by atoms with Crippen LogP contribution in [0.4, 0.5) is 0 Å². The Hall–Kier alpha value is -1.84. The quantitative estimate of drug-likeness (QED) is 0.537. The zero-order valence-electron chi connectivity index (χ0n) is 17.2. The highest BCUT2D eigenvalue weighted by Gasteiger charge is 2.29. The van der Waals surface area contributed by atoms with E-state index < -0.39 is 32.0 Å². The number of rotatable bonds is 8. The topological polar surface area (TPSA) is 148 Å². The number of aromatic nitrogens is 1. The molecule has 1 atom stereocenters. The van der Waals surface area contributed by atoms with E-state index in [-0.39, 0.29) is 27.1 Å². The Balaban J connectivity index is 1.60. The van der Waals surface area contributed by atoms with Crippen LogP contribution >= 0.6 is 11.3 Å². The van der Waals surface area contributed by atoms with Crippen molar-refractivity contribution in [3.63, 3.8) is 0 Å². The van der Waals surface area contributed by atoms with E-state index in [4.69, 9.17) is 9.26 Å². The lowest BCUT2D eigenvalue weighted by Gasteiger charge is -2.25. The fourth-order valence-corrected chi connectivity index (χ4v) is 7.43. The molecule has 0 spiro atoms. The number of carbonyl (C=O) groups is 1. The molecule has 0 aliphatic carbocycles. The normalized spacial score (nSPS) is 16.9. The second-order valence-electron chi connectivity index (χ2n) is 6.95. The minimum atomic E-state index is -3.99. The van der Waals surface area contributed by atoms with E-state index in [9.17, 15) is 21.6 Å². The number of carbonyl (C=O) groups excluding carboxylic acids is 1. The molecule has 1 saturated heterocycles. The van der Waals surface area contributed by atoms with Crippen LogP contribution in [0, 0.1) is 13.8 Å². The third-order valence-electron chi connectivity index (χ3n) is 4.60. The number of nitrogens with zero attached hydrogens (tertiary/aromatic N) is 2. The molecule has 3 rings (SSSR count). The average molecular weight is 493 g/mol. The van der Waals surface area contributed by atoms with E-state index in [1.807, 2.05) is 0 Å². The molecule has 14 heteroatoms. The summed E-state index contributed by atoms with van der Waals surface area (Å²) in [6.45, 7) is 5.76. The van der Waals surface area contributed by atoms with Gasteiger partial charge >= 0.3 is 0 Å². The van der Waals surface area contributed by atoms with Crippen LogP contribution in [0.15, 0.2) is 25.8 Å². The molecule has 0 unspecified atom stereocenters. The monoisotopic (exact) mass is 492 g/mol. The Morgan fingerprint density at radius 2 is 1.90 bits per heavy atom. The second-order valence-corrected chi connectivity index (χ2v) is 11.9. The van der Waals surface area contributed by atoms with Crippen LogP contribution in [0.5, 0.6) is 0 Å². The number of amides is 1. The molecule has 2 N–H and O–H groups in total. The lowest BCUT2D eigenvalue weighted by molar-refractivity contribution is -0.122. The van der Waals surface area contributed by atoms with Crippen molar-refractivity contribution < 1.29 is 30.9 Å². The second kappa shape index (κ2) is 9.34. The van der Waals surface area contributed by atoms with Crippen LogP contribution in [0.1, 0.15) is 23.3 Å². The number of sulfonamides is 2. The molecular weight excluding hydrogens is 468 g/mol. The Morgan fingerprint density at radius 3 is 2.52 bits per heavy atom. The predicted octanol–water partition coefficient (Wildman–Crippen LogP) is 0.357. The molecule has 0 bridgehead atoms. The lowest BCUT2D eigenvalue weighted by Crippen LogP contribution is -2.44. The van der Waals surface area contributed by atoms with Crippen LogP contribution in [0.3, 0.4) is 0 Å². The van der Waals surface area contributed by atoms with Crippen LogP contribution in [0.25, 0.3) is 0 Å². The van der Waals surface area contributed by atoms with E-state index in [1.54, 1.807) is 6.07 Å². The molecule has 2 aromatic rings. The molecule has 0 saturated carbocycles. The van der Waals surface area contributed by atoms with Gasteiger partial charge in [0.15, 0.2) is 5.76 Å². The number of hydrogen-bond acceptors (Lipinski definition) is 9. The van der Waals surface area contributed by atoms with Gasteiger partial charge in [-0.3, -0.25) is 4.79 Å². The lowest BCUT2D eigenvalue weighted by atomic mass is 10.3. The fraction of sp³-hybridized carbons (Fsp3) is 0.529. The van der Waals surface area contributed by atoms with Gasteiger partial charge in [-0.1, -0.05) is 5.16 Å². The first kappa shape index (κ1) is 23.8. The third-order valence-corrected chi connectivity index (χ3v) is 9.84. The number of hydrogen-bond donors (Lipinski definition) is 2. The Bertz CT molecular complexity index is 1130. The molecule has 31 heavy (non-hydrogen) atoms. The Kier molecular flexibility index (Phi) is 7.18. The largest absolute Gasteiger partial charge is 0.379 e. The van der Waals surface area contributed by atoms with Gasteiger partial charge in [0.05, 0.1) is 25.8 Å². The fourth-order valence-electron chi connectivity index (χ4n) is 3.04. The van der Waals surface area contributed by atoms with Gasteiger partial charge in [-0.25, -0.2) is 16.8 Å². The first-order chi connectivity index (χ1) is 14.5. The zero-order chi connectivity index (χ0) is 22.8. The van der Waals surface area contributed by atoms with Crippen LogP contribution in [0.2, 0.25) is 0 Å². The summed E-state index contributed by atoms with van der Waals surface area (Å²) in [5, 5.41) is 6.23. The molecule has 1 fully saturated rings. The summed E-state index contributed by atoms with van der Waals surface area (Å²) in [5.41, 5.74) is 0.199. The van der Waals surface area contributed by atoms with Crippen molar-refractivity contribution in [2.75, 3.05) is 26.3 Å². The van der Waals surface area contributed by atoms with Gasteiger partial charge in [0.1, 0.15) is 14.8 Å². The van der Waals surface area contributed by atoms with Gasteiger partial charge in [0.2, 0.25) is 15.9 Å². The van der Waals surface area contributed by atoms with Crippen molar-refractivity contribution in [2.45, 2.75) is 42.5 Å². The third kappa shape index (κ3) is 5.32. The van der Waals surface area contributed by atoms with Gasteiger partial charge in [-0.05, 0) is 32.9 Å². The van der Waals surface area contributed by atoms with Gasteiger partial charge in [-0.15, -0.1) is 11.3 Å². The highest BCUT2D eigenvalue weighted by atomic mass is 32.2. The minimum absolute atomic E-state index is 0.0690. The number of aryl methyl sites for hydroxylation is 2. The van der Waals surface area contributed by atoms with Crippen LogP contribution in [-0.2, 0) is 36.1 Å². The van der Waals surface area contributed by atoms with Crippen molar-refractivity contribution >= 4 is 37.3 Å². The van der Waals surface area contributed by atoms with Gasteiger partial charge in [0, 0.05) is 18.0 Å². The molecule has 2 aromatic heterocycles. The number of thiophene rings is 1. The molecule has 1 amide bonds.